The largest absolute Gasteiger partial charge is 0.468 e. The van der Waals surface area contributed by atoms with E-state index in [0.717, 1.165) is 11.3 Å². The zero-order valence-corrected chi connectivity index (χ0v) is 21.3. The summed E-state index contributed by atoms with van der Waals surface area (Å²) < 4.78 is 6.53. The van der Waals surface area contributed by atoms with E-state index in [-0.39, 0.29) is 12.5 Å². The number of carbonyl (C=O) groups excluding carboxylic acids is 2. The van der Waals surface area contributed by atoms with E-state index in [1.807, 2.05) is 39.8 Å². The van der Waals surface area contributed by atoms with Crippen LogP contribution in [-0.4, -0.2) is 70.7 Å². The molecule has 1 saturated heterocycles. The molecule has 0 bridgehead atoms. The molecule has 4 aromatic rings. The van der Waals surface area contributed by atoms with Crippen molar-refractivity contribution < 1.29 is 14.3 Å². The van der Waals surface area contributed by atoms with Crippen molar-refractivity contribution >= 4 is 52.1 Å². The highest BCUT2D eigenvalue weighted by Crippen LogP contribution is 2.35. The number of carbonyl (C=O) groups is 2. The van der Waals surface area contributed by atoms with Crippen molar-refractivity contribution in [1.29, 1.82) is 0 Å². The van der Waals surface area contributed by atoms with E-state index in [4.69, 9.17) is 28.2 Å². The quantitative estimate of drug-likeness (QED) is 0.359. The standard InChI is InChI=1S/C25H23Cl2N7O3/c1-37-20(35)13-29-25(36)19-12-28-10-11-33(19)23-21-24(31-14-30-23)34(16-8-6-15(26)7-9-16)22(32-21)17-4-2-3-5-18(17)27/h2-9,14,19,28H,10-13H2,1H3,(H,29,36). The van der Waals surface area contributed by atoms with E-state index in [1.54, 1.807) is 18.2 Å². The van der Waals surface area contributed by atoms with Crippen LogP contribution in [0.15, 0.2) is 54.9 Å². The smallest absolute Gasteiger partial charge is 0.325 e. The Morgan fingerprint density at radius 3 is 2.68 bits per heavy atom. The van der Waals surface area contributed by atoms with Crippen LogP contribution in [0, 0.1) is 0 Å². The number of hydrogen-bond acceptors (Lipinski definition) is 8. The van der Waals surface area contributed by atoms with Gasteiger partial charge in [0.25, 0.3) is 0 Å². The van der Waals surface area contributed by atoms with E-state index in [0.29, 0.717) is 52.5 Å². The van der Waals surface area contributed by atoms with Crippen LogP contribution in [0.2, 0.25) is 10.0 Å². The molecular weight excluding hydrogens is 517 g/mol. The summed E-state index contributed by atoms with van der Waals surface area (Å²) >= 11 is 12.7. The number of methoxy groups -OCH3 is 1. The van der Waals surface area contributed by atoms with Crippen LogP contribution in [0.3, 0.4) is 0 Å². The van der Waals surface area contributed by atoms with Gasteiger partial charge in [0.15, 0.2) is 17.0 Å². The van der Waals surface area contributed by atoms with E-state index in [1.165, 1.54) is 13.4 Å². The fourth-order valence-corrected chi connectivity index (χ4v) is 4.64. The minimum Gasteiger partial charge on any atom is -0.468 e. The summed E-state index contributed by atoms with van der Waals surface area (Å²) in [6.45, 7) is 1.29. The van der Waals surface area contributed by atoms with Crippen molar-refractivity contribution in [2.45, 2.75) is 6.04 Å². The highest BCUT2D eigenvalue weighted by atomic mass is 35.5. The lowest BCUT2D eigenvalue weighted by atomic mass is 10.1. The average Bonchev–Trinajstić information content (AvgIpc) is 3.31. The fraction of sp³-hybridized carbons (Fsp3) is 0.240. The zero-order chi connectivity index (χ0) is 25.9. The molecule has 0 aliphatic carbocycles. The molecule has 3 heterocycles. The van der Waals surface area contributed by atoms with E-state index in [2.05, 4.69) is 25.3 Å². The number of rotatable bonds is 6. The number of aromatic nitrogens is 4. The number of nitrogens with one attached hydrogen (secondary N) is 2. The lowest BCUT2D eigenvalue weighted by molar-refractivity contribution is -0.141. The first-order valence-corrected chi connectivity index (χ1v) is 12.3. The van der Waals surface area contributed by atoms with Gasteiger partial charge < -0.3 is 20.3 Å². The van der Waals surface area contributed by atoms with Gasteiger partial charge in [0.1, 0.15) is 24.7 Å². The lowest BCUT2D eigenvalue weighted by Crippen LogP contribution is -2.58. The Morgan fingerprint density at radius 2 is 1.92 bits per heavy atom. The van der Waals surface area contributed by atoms with E-state index >= 15 is 0 Å². The number of esters is 1. The lowest BCUT2D eigenvalue weighted by Gasteiger charge is -2.35. The predicted molar refractivity (Wildman–Crippen MR) is 141 cm³/mol. The van der Waals surface area contributed by atoms with Gasteiger partial charge in [-0.3, -0.25) is 14.2 Å². The molecule has 2 aromatic heterocycles. The van der Waals surface area contributed by atoms with Gasteiger partial charge in [0.2, 0.25) is 5.91 Å². The van der Waals surface area contributed by atoms with Crippen molar-refractivity contribution in [2.75, 3.05) is 38.2 Å². The number of halogens is 2. The zero-order valence-electron chi connectivity index (χ0n) is 19.8. The van der Waals surface area contributed by atoms with Gasteiger partial charge in [-0.05, 0) is 36.4 Å². The minimum atomic E-state index is -0.624. The Morgan fingerprint density at radius 1 is 1.14 bits per heavy atom. The third-order valence-corrected chi connectivity index (χ3v) is 6.66. The first kappa shape index (κ1) is 24.9. The summed E-state index contributed by atoms with van der Waals surface area (Å²) in [5.41, 5.74) is 2.57. The summed E-state index contributed by atoms with van der Waals surface area (Å²) in [7, 11) is 1.27. The normalized spacial score (nSPS) is 15.5. The molecule has 1 atom stereocenters. The molecule has 2 N–H and O–H groups in total. The molecule has 37 heavy (non-hydrogen) atoms. The summed E-state index contributed by atoms with van der Waals surface area (Å²) in [5.74, 6) is 0.226. The SMILES string of the molecule is COC(=O)CNC(=O)C1CNCCN1c1ncnc2c1nc(-c1ccccc1Cl)n2-c1ccc(Cl)cc1. The van der Waals surface area contributed by atoms with Gasteiger partial charge in [-0.2, -0.15) is 0 Å². The Hall–Kier alpha value is -3.73. The highest BCUT2D eigenvalue weighted by Gasteiger charge is 2.32. The number of fused-ring (bicyclic) bond motifs is 1. The predicted octanol–water partition coefficient (Wildman–Crippen LogP) is 2.86. The average molecular weight is 540 g/mol. The summed E-state index contributed by atoms with van der Waals surface area (Å²) in [6, 6.07) is 14.1. The van der Waals surface area contributed by atoms with Crippen LogP contribution in [0.25, 0.3) is 28.2 Å². The van der Waals surface area contributed by atoms with E-state index < -0.39 is 12.0 Å². The molecule has 1 aliphatic rings. The maximum atomic E-state index is 13.0. The van der Waals surface area contributed by atoms with Crippen LogP contribution < -0.4 is 15.5 Å². The number of amides is 1. The van der Waals surface area contributed by atoms with Gasteiger partial charge in [0.05, 0.1) is 12.1 Å². The number of imidazole rings is 1. The van der Waals surface area contributed by atoms with Crippen LogP contribution in [0.4, 0.5) is 5.82 Å². The number of piperazine rings is 1. The number of nitrogens with zero attached hydrogens (tertiary/aromatic N) is 5. The molecule has 12 heteroatoms. The topological polar surface area (TPSA) is 114 Å². The summed E-state index contributed by atoms with van der Waals surface area (Å²) in [5, 5.41) is 7.00. The second kappa shape index (κ2) is 10.7. The molecule has 1 fully saturated rings. The first-order chi connectivity index (χ1) is 18.0. The Labute approximate surface area is 222 Å². The Kier molecular flexibility index (Phi) is 7.22. The van der Waals surface area contributed by atoms with Gasteiger partial charge in [0, 0.05) is 35.9 Å². The maximum absolute atomic E-state index is 13.0. The van der Waals surface area contributed by atoms with Crippen LogP contribution in [0.5, 0.6) is 0 Å². The van der Waals surface area contributed by atoms with Crippen molar-refractivity contribution in [3.05, 3.63) is 64.9 Å². The second-order valence-corrected chi connectivity index (χ2v) is 9.15. The summed E-state index contributed by atoms with van der Waals surface area (Å²) in [4.78, 5) is 40.5. The van der Waals surface area contributed by atoms with Gasteiger partial charge in [-0.1, -0.05) is 35.3 Å². The third kappa shape index (κ3) is 4.95. The molecule has 0 saturated carbocycles. The number of ether oxygens (including phenoxy) is 1. The van der Waals surface area contributed by atoms with Gasteiger partial charge >= 0.3 is 5.97 Å². The fourth-order valence-electron chi connectivity index (χ4n) is 4.29. The molecule has 1 aliphatic heterocycles. The maximum Gasteiger partial charge on any atom is 0.325 e. The number of hydrogen-bond donors (Lipinski definition) is 2. The highest BCUT2D eigenvalue weighted by molar-refractivity contribution is 6.33. The summed E-state index contributed by atoms with van der Waals surface area (Å²) in [6.07, 6.45) is 1.45. The molecular formula is C25H23Cl2N7O3. The number of anilines is 1. The van der Waals surface area contributed by atoms with Crippen LogP contribution in [-0.2, 0) is 14.3 Å². The molecule has 1 amide bonds. The molecule has 5 rings (SSSR count). The van der Waals surface area contributed by atoms with Crippen LogP contribution >= 0.6 is 23.2 Å². The molecule has 1 unspecified atom stereocenters. The van der Waals surface area contributed by atoms with Gasteiger partial charge in [-0.25, -0.2) is 15.0 Å². The van der Waals surface area contributed by atoms with Crippen LogP contribution in [0.1, 0.15) is 0 Å². The van der Waals surface area contributed by atoms with Gasteiger partial charge in [-0.15, -0.1) is 0 Å². The molecule has 0 spiro atoms. The van der Waals surface area contributed by atoms with Crippen molar-refractivity contribution in [3.63, 3.8) is 0 Å². The molecule has 2 aromatic carbocycles. The van der Waals surface area contributed by atoms with Crippen molar-refractivity contribution in [2.24, 2.45) is 0 Å². The van der Waals surface area contributed by atoms with E-state index in [9.17, 15) is 9.59 Å². The molecule has 190 valence electrons. The number of benzene rings is 2. The Balaban J connectivity index is 1.65. The van der Waals surface area contributed by atoms with Crippen molar-refractivity contribution in [3.8, 4) is 17.1 Å². The Bertz CT molecular complexity index is 1460. The van der Waals surface area contributed by atoms with Crippen molar-refractivity contribution in [1.82, 2.24) is 30.2 Å². The monoisotopic (exact) mass is 539 g/mol. The molecule has 10 nitrogen and oxygen atoms in total. The first-order valence-electron chi connectivity index (χ1n) is 11.5. The minimum absolute atomic E-state index is 0.222. The second-order valence-electron chi connectivity index (χ2n) is 8.30. The molecule has 0 radical (unpaired) electrons. The third-order valence-electron chi connectivity index (χ3n) is 6.08.